The van der Waals surface area contributed by atoms with E-state index in [9.17, 15) is 22.8 Å². The maximum atomic E-state index is 13.6. The summed E-state index contributed by atoms with van der Waals surface area (Å²) in [5.74, 6) is -0.948. The van der Waals surface area contributed by atoms with Crippen molar-refractivity contribution in [2.24, 2.45) is 17.2 Å². The molecule has 7 N–H and O–H groups in total. The van der Waals surface area contributed by atoms with E-state index in [0.29, 0.717) is 41.7 Å². The molecule has 0 aliphatic rings. The predicted molar refractivity (Wildman–Crippen MR) is 158 cm³/mol. The number of nitrogens with zero attached hydrogens (tertiary/aromatic N) is 3. The first-order valence-electron chi connectivity index (χ1n) is 13.9. The molecule has 3 aromatic rings. The van der Waals surface area contributed by atoms with Gasteiger partial charge in [0.05, 0.1) is 55.7 Å². The monoisotopic (exact) mass is 588 g/mol. The number of rotatable bonds is 14. The lowest BCUT2D eigenvalue weighted by Gasteiger charge is -2.34. The number of para-hydroxylation sites is 1. The van der Waals surface area contributed by atoms with Crippen LogP contribution in [-0.4, -0.2) is 85.1 Å². The van der Waals surface area contributed by atoms with Crippen LogP contribution in [0.4, 0.5) is 18.9 Å². The second-order valence-corrected chi connectivity index (χ2v) is 10.9. The second-order valence-electron chi connectivity index (χ2n) is 10.9. The third-order valence-corrected chi connectivity index (χ3v) is 7.55. The largest absolute Gasteiger partial charge is 0.416 e. The van der Waals surface area contributed by atoms with Gasteiger partial charge in [-0.25, -0.2) is 0 Å². The number of pyridine rings is 1. The number of anilines is 1. The van der Waals surface area contributed by atoms with Gasteiger partial charge in [-0.1, -0.05) is 30.3 Å². The summed E-state index contributed by atoms with van der Waals surface area (Å²) >= 11 is 0. The minimum Gasteiger partial charge on any atom is -0.332 e. The van der Waals surface area contributed by atoms with E-state index in [2.05, 4.69) is 17.3 Å². The van der Waals surface area contributed by atoms with Gasteiger partial charge in [-0.05, 0) is 42.7 Å². The number of halogens is 3. The number of quaternary nitrogens is 1. The number of amides is 2. The third-order valence-electron chi connectivity index (χ3n) is 7.55. The quantitative estimate of drug-likeness (QED) is 0.214. The number of alkyl halides is 3. The van der Waals surface area contributed by atoms with E-state index in [1.807, 2.05) is 24.3 Å². The Kier molecular flexibility index (Phi) is 11.4. The zero-order valence-corrected chi connectivity index (χ0v) is 24.1. The first kappa shape index (κ1) is 32.9. The molecule has 1 unspecified atom stereocenters. The van der Waals surface area contributed by atoms with Crippen molar-refractivity contribution in [3.63, 3.8) is 0 Å². The number of hydrogen-bond donors (Lipinski definition) is 4. The molecule has 9 nitrogen and oxygen atoms in total. The molecule has 0 radical (unpaired) electrons. The summed E-state index contributed by atoms with van der Waals surface area (Å²) in [6.45, 7) is 3.26. The first-order valence-corrected chi connectivity index (χ1v) is 13.9. The number of fused-ring (bicyclic) bond motifs is 1. The van der Waals surface area contributed by atoms with Gasteiger partial charge in [0, 0.05) is 31.9 Å². The first-order chi connectivity index (χ1) is 19.9. The Morgan fingerprint density at radius 2 is 1.67 bits per heavy atom. The zero-order chi connectivity index (χ0) is 30.9. The normalized spacial score (nSPS) is 13.5. The van der Waals surface area contributed by atoms with Gasteiger partial charge >= 0.3 is 6.18 Å². The molecule has 0 fully saturated rings. The van der Waals surface area contributed by atoms with Crippen LogP contribution in [0.2, 0.25) is 0 Å². The number of hydrogen-bond acceptors (Lipinski definition) is 6. The minimum atomic E-state index is -4.49. The van der Waals surface area contributed by atoms with Crippen molar-refractivity contribution in [3.05, 3.63) is 71.9 Å². The average Bonchev–Trinajstić information content (AvgIpc) is 2.95. The molecule has 0 aliphatic heterocycles. The predicted octanol–water partition coefficient (Wildman–Crippen LogP) is 2.73. The molecule has 1 aromatic heterocycles. The van der Waals surface area contributed by atoms with Crippen molar-refractivity contribution < 1.29 is 27.2 Å². The molecule has 0 spiro atoms. The molecule has 1 heterocycles. The van der Waals surface area contributed by atoms with Crippen LogP contribution in [0.3, 0.4) is 0 Å². The second kappa shape index (κ2) is 14.5. The van der Waals surface area contributed by atoms with Gasteiger partial charge in [0.25, 0.3) is 0 Å². The Labute approximate surface area is 244 Å². The summed E-state index contributed by atoms with van der Waals surface area (Å²) in [7, 11) is 3.55. The molecule has 228 valence electrons. The van der Waals surface area contributed by atoms with E-state index in [-0.39, 0.29) is 6.42 Å². The maximum absolute atomic E-state index is 13.6. The van der Waals surface area contributed by atoms with Crippen LogP contribution >= 0.6 is 0 Å². The van der Waals surface area contributed by atoms with Crippen LogP contribution in [0.15, 0.2) is 60.8 Å². The van der Waals surface area contributed by atoms with Crippen molar-refractivity contribution in [2.75, 3.05) is 52.1 Å². The lowest BCUT2D eigenvalue weighted by Crippen LogP contribution is -2.53. The summed E-state index contributed by atoms with van der Waals surface area (Å²) in [5.41, 5.74) is 18.7. The van der Waals surface area contributed by atoms with Gasteiger partial charge in [0.2, 0.25) is 11.8 Å². The number of benzene rings is 2. The molecule has 2 aromatic carbocycles. The van der Waals surface area contributed by atoms with Crippen molar-refractivity contribution in [1.29, 1.82) is 0 Å². The number of carbonyl (C=O) groups is 2. The topological polar surface area (TPSA) is 140 Å². The standard InChI is InChI=1S/C30H40F3N7O2/c1-39(29(42)25(36)7-5-15-40(2,16-13-34)17-14-35)27(18-21-9-11-23(12-10-21)30(31,32)33)28(41)38-24-19-22-6-3-4-8-26(22)37-20-24/h3-4,6,8-12,19-20,25,27H,5,7,13-18,34-36H2,1-2H3/p+1/t25?,27-/m1/s1. The molecular formula is C30H41F3N7O2+. The maximum Gasteiger partial charge on any atom is 0.416 e. The molecule has 42 heavy (non-hydrogen) atoms. The fourth-order valence-corrected chi connectivity index (χ4v) is 5.01. The van der Waals surface area contributed by atoms with E-state index in [4.69, 9.17) is 17.2 Å². The van der Waals surface area contributed by atoms with Crippen molar-refractivity contribution >= 4 is 28.4 Å². The van der Waals surface area contributed by atoms with Gasteiger partial charge in [-0.2, -0.15) is 13.2 Å². The van der Waals surface area contributed by atoms with Crippen LogP contribution in [0.25, 0.3) is 10.9 Å². The van der Waals surface area contributed by atoms with E-state index < -0.39 is 35.6 Å². The smallest absolute Gasteiger partial charge is 0.332 e. The molecule has 0 saturated heterocycles. The van der Waals surface area contributed by atoms with Gasteiger partial charge in [-0.3, -0.25) is 14.6 Å². The molecule has 2 atom stereocenters. The van der Waals surface area contributed by atoms with Crippen molar-refractivity contribution in [3.8, 4) is 0 Å². The fraction of sp³-hybridized carbons (Fsp3) is 0.433. The highest BCUT2D eigenvalue weighted by atomic mass is 19.4. The van der Waals surface area contributed by atoms with Crippen LogP contribution in [0, 0.1) is 0 Å². The summed E-state index contributed by atoms with van der Waals surface area (Å²) < 4.78 is 40.0. The van der Waals surface area contributed by atoms with Gasteiger partial charge in [-0.15, -0.1) is 0 Å². The average molecular weight is 589 g/mol. The molecule has 0 saturated carbocycles. The van der Waals surface area contributed by atoms with Crippen LogP contribution in [0.1, 0.15) is 24.0 Å². The Morgan fingerprint density at radius 1 is 1.02 bits per heavy atom. The summed E-state index contributed by atoms with van der Waals surface area (Å²) in [5, 5.41) is 3.63. The highest BCUT2D eigenvalue weighted by Crippen LogP contribution is 2.29. The van der Waals surface area contributed by atoms with E-state index in [1.165, 1.54) is 30.3 Å². The van der Waals surface area contributed by atoms with Gasteiger partial charge in [0.15, 0.2) is 0 Å². The Hall–Kier alpha value is -3.58. The number of nitrogens with two attached hydrogens (primary N) is 3. The van der Waals surface area contributed by atoms with E-state index in [1.54, 1.807) is 6.07 Å². The number of carbonyl (C=O) groups excluding carboxylic acids is 2. The van der Waals surface area contributed by atoms with Gasteiger partial charge in [0.1, 0.15) is 6.04 Å². The molecular weight excluding hydrogens is 547 g/mol. The highest BCUT2D eigenvalue weighted by molar-refractivity contribution is 5.99. The minimum absolute atomic E-state index is 0.0120. The molecule has 0 bridgehead atoms. The van der Waals surface area contributed by atoms with Crippen LogP contribution in [0.5, 0.6) is 0 Å². The molecule has 3 rings (SSSR count). The number of likely N-dealkylation sites (N-methyl/N-ethyl adjacent to an activating group) is 2. The molecule has 2 amide bonds. The number of nitrogens with one attached hydrogen (secondary N) is 1. The third kappa shape index (κ3) is 8.96. The zero-order valence-electron chi connectivity index (χ0n) is 24.1. The SMILES string of the molecule is CN(C(=O)C(N)CCC[N+](C)(CCN)CCN)[C@H](Cc1ccc(C(F)(F)F)cc1)C(=O)Nc1cnc2ccccc2c1. The summed E-state index contributed by atoms with van der Waals surface area (Å²) in [4.78, 5) is 32.6. The van der Waals surface area contributed by atoms with Crippen molar-refractivity contribution in [2.45, 2.75) is 37.5 Å². The Balaban J connectivity index is 1.78. The lowest BCUT2D eigenvalue weighted by atomic mass is 10.0. The fourth-order valence-electron chi connectivity index (χ4n) is 5.01. The number of aromatic nitrogens is 1. The van der Waals surface area contributed by atoms with Crippen molar-refractivity contribution in [1.82, 2.24) is 9.88 Å². The Morgan fingerprint density at radius 3 is 2.29 bits per heavy atom. The summed E-state index contributed by atoms with van der Waals surface area (Å²) in [6, 6.07) is 11.8. The van der Waals surface area contributed by atoms with E-state index in [0.717, 1.165) is 42.7 Å². The van der Waals surface area contributed by atoms with E-state index >= 15 is 0 Å². The van der Waals surface area contributed by atoms with Crippen LogP contribution in [-0.2, 0) is 22.2 Å². The Bertz CT molecular complexity index is 1330. The lowest BCUT2D eigenvalue weighted by molar-refractivity contribution is -0.907. The van der Waals surface area contributed by atoms with Gasteiger partial charge < -0.3 is 31.9 Å². The highest BCUT2D eigenvalue weighted by Gasteiger charge is 2.32. The summed E-state index contributed by atoms with van der Waals surface area (Å²) in [6.07, 6.45) is -1.95. The molecule has 12 heteroatoms. The molecule has 0 aliphatic carbocycles. The van der Waals surface area contributed by atoms with Crippen LogP contribution < -0.4 is 22.5 Å².